The van der Waals surface area contributed by atoms with Crippen LogP contribution in [0.5, 0.6) is 0 Å². The average molecular weight is 203 g/mol. The van der Waals surface area contributed by atoms with E-state index in [0.717, 1.165) is 17.6 Å². The second-order valence-corrected chi connectivity index (χ2v) is 3.93. The summed E-state index contributed by atoms with van der Waals surface area (Å²) in [5.74, 6) is 0.200. The Morgan fingerprint density at radius 3 is 2.47 bits per heavy atom. The molecule has 78 valence electrons. The van der Waals surface area contributed by atoms with E-state index in [2.05, 4.69) is 19.9 Å². The van der Waals surface area contributed by atoms with E-state index >= 15 is 0 Å². The second-order valence-electron chi connectivity index (χ2n) is 3.93. The van der Waals surface area contributed by atoms with E-state index < -0.39 is 0 Å². The maximum Gasteiger partial charge on any atom is 0.123 e. The smallest absolute Gasteiger partial charge is 0.123 e. The summed E-state index contributed by atoms with van der Waals surface area (Å²) in [4.78, 5) is 0. The summed E-state index contributed by atoms with van der Waals surface area (Å²) in [6, 6.07) is 8.31. The molecule has 0 N–H and O–H groups in total. The zero-order valence-corrected chi connectivity index (χ0v) is 9.00. The molecule has 0 aliphatic heterocycles. The third-order valence-corrected chi connectivity index (χ3v) is 1.98. The number of nitriles is 1. The van der Waals surface area contributed by atoms with Gasteiger partial charge in [0.25, 0.3) is 0 Å². The fraction of sp³-hybridized carbons (Fsp3) is 0.308. The Balaban J connectivity index is 2.85. The summed E-state index contributed by atoms with van der Waals surface area (Å²) in [7, 11) is 0. The third-order valence-electron chi connectivity index (χ3n) is 1.98. The predicted molar refractivity (Wildman–Crippen MR) is 59.4 cm³/mol. The lowest BCUT2D eigenvalue weighted by molar-refractivity contribution is 0.627. The number of hydrogen-bond acceptors (Lipinski definition) is 1. The molecule has 0 radical (unpaired) electrons. The van der Waals surface area contributed by atoms with Crippen LogP contribution in [0.1, 0.15) is 25.8 Å². The molecule has 15 heavy (non-hydrogen) atoms. The highest BCUT2D eigenvalue weighted by Gasteiger charge is 2.00. The van der Waals surface area contributed by atoms with Gasteiger partial charge in [-0.05, 0) is 36.1 Å². The number of rotatable bonds is 3. The zero-order valence-electron chi connectivity index (χ0n) is 9.00. The Hall–Kier alpha value is -1.62. The van der Waals surface area contributed by atoms with Gasteiger partial charge in [0.1, 0.15) is 5.82 Å². The van der Waals surface area contributed by atoms with Crippen LogP contribution in [0.3, 0.4) is 0 Å². The van der Waals surface area contributed by atoms with Gasteiger partial charge in [-0.1, -0.05) is 26.0 Å². The van der Waals surface area contributed by atoms with Gasteiger partial charge in [0, 0.05) is 5.57 Å². The minimum atomic E-state index is -0.255. The van der Waals surface area contributed by atoms with Gasteiger partial charge in [-0.15, -0.1) is 0 Å². The molecule has 1 aromatic rings. The van der Waals surface area contributed by atoms with Crippen LogP contribution in [0.25, 0.3) is 6.08 Å². The van der Waals surface area contributed by atoms with Gasteiger partial charge in [-0.2, -0.15) is 5.26 Å². The highest BCUT2D eigenvalue weighted by Crippen LogP contribution is 2.14. The van der Waals surface area contributed by atoms with Crippen molar-refractivity contribution < 1.29 is 4.39 Å². The number of allylic oxidation sites excluding steroid dienone is 1. The molecule has 0 saturated carbocycles. The molecule has 0 aliphatic rings. The molecule has 0 saturated heterocycles. The molecule has 0 spiro atoms. The topological polar surface area (TPSA) is 23.8 Å². The molecular weight excluding hydrogens is 189 g/mol. The van der Waals surface area contributed by atoms with E-state index in [-0.39, 0.29) is 5.82 Å². The fourth-order valence-electron chi connectivity index (χ4n) is 1.34. The van der Waals surface area contributed by atoms with Crippen LogP contribution < -0.4 is 0 Å². The first-order chi connectivity index (χ1) is 7.11. The van der Waals surface area contributed by atoms with Crippen LogP contribution in [0.4, 0.5) is 4.39 Å². The van der Waals surface area contributed by atoms with E-state index in [4.69, 9.17) is 5.26 Å². The molecule has 0 fully saturated rings. The number of hydrogen-bond donors (Lipinski definition) is 0. The van der Waals surface area contributed by atoms with Crippen molar-refractivity contribution in [2.75, 3.05) is 0 Å². The van der Waals surface area contributed by atoms with E-state index in [9.17, 15) is 4.39 Å². The Kier molecular flexibility index (Phi) is 4.05. The second kappa shape index (κ2) is 5.31. The predicted octanol–water partition coefficient (Wildman–Crippen LogP) is 3.78. The first-order valence-electron chi connectivity index (χ1n) is 4.98. The molecule has 0 amide bonds. The maximum absolute atomic E-state index is 12.6. The van der Waals surface area contributed by atoms with Crippen molar-refractivity contribution >= 4 is 6.08 Å². The Bertz CT molecular complexity index is 382. The van der Waals surface area contributed by atoms with Crippen molar-refractivity contribution in [1.82, 2.24) is 0 Å². The molecule has 0 atom stereocenters. The minimum Gasteiger partial charge on any atom is -0.207 e. The van der Waals surface area contributed by atoms with E-state index in [1.165, 1.54) is 12.1 Å². The van der Waals surface area contributed by atoms with Crippen molar-refractivity contribution in [1.29, 1.82) is 5.26 Å². The van der Waals surface area contributed by atoms with Gasteiger partial charge in [-0.25, -0.2) is 4.39 Å². The average Bonchev–Trinajstić information content (AvgIpc) is 2.19. The van der Waals surface area contributed by atoms with Crippen LogP contribution in [-0.4, -0.2) is 0 Å². The standard InChI is InChI=1S/C13H14FN/c1-10(2)7-12(9-15)8-11-3-5-13(14)6-4-11/h3-6,8,10H,7H2,1-2H3. The molecule has 1 aromatic carbocycles. The normalized spacial score (nSPS) is 11.5. The highest BCUT2D eigenvalue weighted by molar-refractivity contribution is 5.56. The summed E-state index contributed by atoms with van der Waals surface area (Å²) in [5.41, 5.74) is 1.60. The van der Waals surface area contributed by atoms with Gasteiger partial charge >= 0.3 is 0 Å². The summed E-state index contributed by atoms with van der Waals surface area (Å²) < 4.78 is 12.6. The SMILES string of the molecule is CC(C)CC(C#N)=Cc1ccc(F)cc1. The minimum absolute atomic E-state index is 0.255. The van der Waals surface area contributed by atoms with Crippen molar-refractivity contribution in [3.8, 4) is 6.07 Å². The monoisotopic (exact) mass is 203 g/mol. The summed E-state index contributed by atoms with van der Waals surface area (Å²) >= 11 is 0. The van der Waals surface area contributed by atoms with Gasteiger partial charge in [0.2, 0.25) is 0 Å². The van der Waals surface area contributed by atoms with E-state index in [0.29, 0.717) is 5.92 Å². The lowest BCUT2D eigenvalue weighted by Crippen LogP contribution is -1.89. The van der Waals surface area contributed by atoms with Crippen LogP contribution in [0.15, 0.2) is 29.8 Å². The van der Waals surface area contributed by atoms with Crippen molar-refractivity contribution in [2.24, 2.45) is 5.92 Å². The van der Waals surface area contributed by atoms with Gasteiger partial charge in [0.05, 0.1) is 6.07 Å². The van der Waals surface area contributed by atoms with Crippen LogP contribution in [0.2, 0.25) is 0 Å². The quantitative estimate of drug-likeness (QED) is 0.686. The summed E-state index contributed by atoms with van der Waals surface area (Å²) in [6.45, 7) is 4.13. The van der Waals surface area contributed by atoms with Gasteiger partial charge < -0.3 is 0 Å². The highest BCUT2D eigenvalue weighted by atomic mass is 19.1. The van der Waals surface area contributed by atoms with Gasteiger partial charge in [0.15, 0.2) is 0 Å². The molecular formula is C13H14FN. The van der Waals surface area contributed by atoms with Gasteiger partial charge in [-0.3, -0.25) is 0 Å². The number of nitrogens with zero attached hydrogens (tertiary/aromatic N) is 1. The molecule has 0 bridgehead atoms. The van der Waals surface area contributed by atoms with Crippen molar-refractivity contribution in [3.05, 3.63) is 41.2 Å². The van der Waals surface area contributed by atoms with Crippen LogP contribution in [-0.2, 0) is 0 Å². The van der Waals surface area contributed by atoms with Crippen molar-refractivity contribution in [2.45, 2.75) is 20.3 Å². The largest absolute Gasteiger partial charge is 0.207 e. The van der Waals surface area contributed by atoms with E-state index in [1.54, 1.807) is 18.2 Å². The first kappa shape index (κ1) is 11.5. The van der Waals surface area contributed by atoms with Crippen molar-refractivity contribution in [3.63, 3.8) is 0 Å². The molecule has 0 unspecified atom stereocenters. The molecule has 2 heteroatoms. The maximum atomic E-state index is 12.6. The Morgan fingerprint density at radius 2 is 2.00 bits per heavy atom. The van der Waals surface area contributed by atoms with E-state index in [1.807, 2.05) is 0 Å². The fourth-order valence-corrected chi connectivity index (χ4v) is 1.34. The summed E-state index contributed by atoms with van der Waals surface area (Å²) in [5, 5.41) is 8.90. The first-order valence-corrected chi connectivity index (χ1v) is 4.98. The lowest BCUT2D eigenvalue weighted by Gasteiger charge is -2.02. The summed E-state index contributed by atoms with van der Waals surface area (Å²) in [6.07, 6.45) is 2.56. The van der Waals surface area contributed by atoms with Crippen LogP contribution >= 0.6 is 0 Å². The Labute approximate surface area is 89.9 Å². The molecule has 0 aliphatic carbocycles. The molecule has 1 nitrogen and oxygen atoms in total. The number of benzene rings is 1. The molecule has 1 rings (SSSR count). The molecule has 0 aromatic heterocycles. The lowest BCUT2D eigenvalue weighted by atomic mass is 10.0. The number of halogens is 1. The third kappa shape index (κ3) is 3.95. The van der Waals surface area contributed by atoms with Crippen LogP contribution in [0, 0.1) is 23.1 Å². The Morgan fingerprint density at radius 1 is 1.40 bits per heavy atom. The zero-order chi connectivity index (χ0) is 11.3. The molecule has 0 heterocycles.